The van der Waals surface area contributed by atoms with Crippen LogP contribution >= 0.6 is 15.9 Å². The van der Waals surface area contributed by atoms with Crippen LogP contribution in [-0.2, 0) is 11.0 Å². The highest BCUT2D eigenvalue weighted by Crippen LogP contribution is 2.11. The summed E-state index contributed by atoms with van der Waals surface area (Å²) < 4.78 is 11.9. The molecule has 1 rings (SSSR count). The maximum Gasteiger partial charge on any atom is 0.138 e. The fourth-order valence-corrected chi connectivity index (χ4v) is 1.41. The molecule has 1 aromatic carbocycles. The number of hydrazine groups is 1. The molecule has 0 heterocycles. The molecule has 0 aliphatic rings. The van der Waals surface area contributed by atoms with E-state index < -0.39 is 11.0 Å². The van der Waals surface area contributed by atoms with Gasteiger partial charge in [0.05, 0.1) is 4.90 Å². The second kappa shape index (κ2) is 3.96. The zero-order valence-electron chi connectivity index (χ0n) is 5.58. The average Bonchev–Trinajstić information content (AvgIpc) is 2.05. The number of hydrogen-bond donors (Lipinski definition) is 2. The molecule has 60 valence electrons. The minimum atomic E-state index is -1.29. The molecule has 0 amide bonds. The lowest BCUT2D eigenvalue weighted by Crippen LogP contribution is -2.24. The SMILES string of the molecule is NNS(=O)c1ccc(Br)cc1. The molecule has 0 saturated carbocycles. The van der Waals surface area contributed by atoms with Crippen molar-refractivity contribution in [1.29, 1.82) is 0 Å². The standard InChI is InChI=1S/C6H7BrN2OS/c7-5-1-3-6(4-2-5)11(10)9-8/h1-4,9H,8H2. The van der Waals surface area contributed by atoms with E-state index in [9.17, 15) is 4.21 Å². The molecule has 3 nitrogen and oxygen atoms in total. The van der Waals surface area contributed by atoms with E-state index in [1.807, 2.05) is 12.1 Å². The first kappa shape index (κ1) is 8.86. The second-order valence-electron chi connectivity index (χ2n) is 1.84. The number of nitrogens with two attached hydrogens (primary N) is 1. The Morgan fingerprint density at radius 2 is 1.91 bits per heavy atom. The molecule has 0 spiro atoms. The monoisotopic (exact) mass is 234 g/mol. The van der Waals surface area contributed by atoms with Crippen molar-refractivity contribution in [2.24, 2.45) is 5.84 Å². The summed E-state index contributed by atoms with van der Waals surface area (Å²) >= 11 is 3.27. The first-order valence-electron chi connectivity index (χ1n) is 2.87. The van der Waals surface area contributed by atoms with E-state index in [0.717, 1.165) is 4.47 Å². The van der Waals surface area contributed by atoms with E-state index in [-0.39, 0.29) is 0 Å². The molecule has 1 atom stereocenters. The van der Waals surface area contributed by atoms with Crippen molar-refractivity contribution < 1.29 is 4.21 Å². The van der Waals surface area contributed by atoms with Crippen molar-refractivity contribution >= 4 is 26.9 Å². The molecule has 11 heavy (non-hydrogen) atoms. The molecule has 0 aliphatic heterocycles. The van der Waals surface area contributed by atoms with Crippen molar-refractivity contribution in [3.8, 4) is 0 Å². The van der Waals surface area contributed by atoms with Gasteiger partial charge in [-0.1, -0.05) is 15.9 Å². The summed E-state index contributed by atoms with van der Waals surface area (Å²) in [6, 6.07) is 7.09. The molecule has 1 unspecified atom stereocenters. The molecular weight excluding hydrogens is 228 g/mol. The van der Waals surface area contributed by atoms with Crippen LogP contribution in [-0.4, -0.2) is 4.21 Å². The Hall–Kier alpha value is -0.230. The third-order valence-electron chi connectivity index (χ3n) is 1.13. The lowest BCUT2D eigenvalue weighted by molar-refractivity contribution is 0.674. The summed E-state index contributed by atoms with van der Waals surface area (Å²) in [6.07, 6.45) is 0. The molecule has 0 aliphatic carbocycles. The summed E-state index contributed by atoms with van der Waals surface area (Å²) in [5.41, 5.74) is 0. The zero-order chi connectivity index (χ0) is 8.27. The molecule has 1 aromatic rings. The van der Waals surface area contributed by atoms with Crippen LogP contribution in [0.2, 0.25) is 0 Å². The summed E-state index contributed by atoms with van der Waals surface area (Å²) in [6.45, 7) is 0. The van der Waals surface area contributed by atoms with Crippen molar-refractivity contribution in [2.45, 2.75) is 4.90 Å². The Morgan fingerprint density at radius 1 is 1.36 bits per heavy atom. The maximum atomic E-state index is 11.0. The molecule has 0 radical (unpaired) electrons. The van der Waals surface area contributed by atoms with Crippen LogP contribution in [0, 0.1) is 0 Å². The minimum absolute atomic E-state index is 0.663. The van der Waals surface area contributed by atoms with Gasteiger partial charge in [0.1, 0.15) is 11.0 Å². The van der Waals surface area contributed by atoms with Crippen LogP contribution in [0.25, 0.3) is 0 Å². The van der Waals surface area contributed by atoms with Gasteiger partial charge in [-0.3, -0.25) is 5.84 Å². The second-order valence-corrected chi connectivity index (χ2v) is 4.00. The molecule has 5 heteroatoms. The lowest BCUT2D eigenvalue weighted by atomic mass is 10.4. The Labute approximate surface area is 75.7 Å². The predicted molar refractivity (Wildman–Crippen MR) is 47.9 cm³/mol. The van der Waals surface area contributed by atoms with E-state index in [0.29, 0.717) is 4.90 Å². The van der Waals surface area contributed by atoms with Crippen LogP contribution < -0.4 is 10.7 Å². The van der Waals surface area contributed by atoms with E-state index in [1.54, 1.807) is 12.1 Å². The van der Waals surface area contributed by atoms with Gasteiger partial charge >= 0.3 is 0 Å². The van der Waals surface area contributed by atoms with Crippen LogP contribution in [0.3, 0.4) is 0 Å². The van der Waals surface area contributed by atoms with Gasteiger partial charge in [-0.25, -0.2) is 4.21 Å². The Morgan fingerprint density at radius 3 is 2.36 bits per heavy atom. The topological polar surface area (TPSA) is 55.1 Å². The van der Waals surface area contributed by atoms with Crippen molar-refractivity contribution in [1.82, 2.24) is 4.83 Å². The van der Waals surface area contributed by atoms with Crippen molar-refractivity contribution in [3.63, 3.8) is 0 Å². The summed E-state index contributed by atoms with van der Waals surface area (Å²) in [7, 11) is -1.29. The largest absolute Gasteiger partial charge is 0.259 e. The first-order valence-corrected chi connectivity index (χ1v) is 4.82. The van der Waals surface area contributed by atoms with Crippen LogP contribution in [0.4, 0.5) is 0 Å². The van der Waals surface area contributed by atoms with Gasteiger partial charge in [0.2, 0.25) is 0 Å². The van der Waals surface area contributed by atoms with E-state index >= 15 is 0 Å². The highest BCUT2D eigenvalue weighted by molar-refractivity contribution is 9.10. The van der Waals surface area contributed by atoms with Gasteiger partial charge in [-0.2, -0.15) is 4.83 Å². The normalized spacial score (nSPS) is 12.9. The summed E-state index contributed by atoms with van der Waals surface area (Å²) in [5, 5.41) is 0. The Kier molecular flexibility index (Phi) is 3.19. The smallest absolute Gasteiger partial charge is 0.138 e. The van der Waals surface area contributed by atoms with E-state index in [2.05, 4.69) is 20.8 Å². The van der Waals surface area contributed by atoms with Gasteiger partial charge in [0, 0.05) is 4.47 Å². The van der Waals surface area contributed by atoms with Crippen molar-refractivity contribution in [3.05, 3.63) is 28.7 Å². The number of benzene rings is 1. The van der Waals surface area contributed by atoms with E-state index in [1.165, 1.54) is 0 Å². The lowest BCUT2D eigenvalue weighted by Gasteiger charge is -1.98. The van der Waals surface area contributed by atoms with Gasteiger partial charge in [0.25, 0.3) is 0 Å². The molecular formula is C6H7BrN2OS. The third-order valence-corrected chi connectivity index (χ3v) is 2.58. The fraction of sp³-hybridized carbons (Fsp3) is 0. The average molecular weight is 235 g/mol. The van der Waals surface area contributed by atoms with Gasteiger partial charge < -0.3 is 0 Å². The quantitative estimate of drug-likeness (QED) is 0.592. The predicted octanol–water partition coefficient (Wildman–Crippen LogP) is 0.935. The number of hydrogen-bond acceptors (Lipinski definition) is 2. The summed E-state index contributed by atoms with van der Waals surface area (Å²) in [4.78, 5) is 2.82. The first-order chi connectivity index (χ1) is 5.24. The molecule has 0 aromatic heterocycles. The van der Waals surface area contributed by atoms with Crippen molar-refractivity contribution in [2.75, 3.05) is 0 Å². The third kappa shape index (κ3) is 2.37. The van der Waals surface area contributed by atoms with Gasteiger partial charge in [-0.15, -0.1) is 0 Å². The molecule has 0 saturated heterocycles. The highest BCUT2D eigenvalue weighted by Gasteiger charge is 1.98. The Bertz CT molecular complexity index is 262. The molecule has 0 bridgehead atoms. The van der Waals surface area contributed by atoms with Crippen LogP contribution in [0.5, 0.6) is 0 Å². The number of rotatable bonds is 2. The fourth-order valence-electron chi connectivity index (χ4n) is 0.626. The van der Waals surface area contributed by atoms with E-state index in [4.69, 9.17) is 5.84 Å². The maximum absolute atomic E-state index is 11.0. The highest BCUT2D eigenvalue weighted by atomic mass is 79.9. The summed E-state index contributed by atoms with van der Waals surface area (Å²) in [5.74, 6) is 4.98. The number of nitrogens with one attached hydrogen (secondary N) is 1. The van der Waals surface area contributed by atoms with Crippen LogP contribution in [0.1, 0.15) is 0 Å². The number of halogens is 1. The molecule has 0 fully saturated rings. The van der Waals surface area contributed by atoms with Gasteiger partial charge in [0.15, 0.2) is 0 Å². The van der Waals surface area contributed by atoms with Gasteiger partial charge in [-0.05, 0) is 24.3 Å². The zero-order valence-corrected chi connectivity index (χ0v) is 7.98. The van der Waals surface area contributed by atoms with Crippen LogP contribution in [0.15, 0.2) is 33.6 Å². The Balaban J connectivity index is 2.90. The minimum Gasteiger partial charge on any atom is -0.259 e. The molecule has 3 N–H and O–H groups in total.